The summed E-state index contributed by atoms with van der Waals surface area (Å²) in [5, 5.41) is 3.81. The van der Waals surface area contributed by atoms with E-state index in [4.69, 9.17) is 4.52 Å². The highest BCUT2D eigenvalue weighted by atomic mass is 19.4. The minimum absolute atomic E-state index is 0.0125. The third kappa shape index (κ3) is 3.89. The third-order valence-electron chi connectivity index (χ3n) is 4.18. The first-order chi connectivity index (χ1) is 12.2. The fraction of sp³-hybridized carbons (Fsp3) is 0.333. The number of amides is 1. The van der Waals surface area contributed by atoms with Gasteiger partial charge in [-0.25, -0.2) is 0 Å². The van der Waals surface area contributed by atoms with Gasteiger partial charge >= 0.3 is 6.36 Å². The first-order valence-corrected chi connectivity index (χ1v) is 8.04. The number of ether oxygens (including phenoxy) is 1. The molecule has 1 aliphatic heterocycles. The minimum Gasteiger partial charge on any atom is -0.406 e. The van der Waals surface area contributed by atoms with Crippen molar-refractivity contribution < 1.29 is 27.2 Å². The van der Waals surface area contributed by atoms with Gasteiger partial charge in [0.25, 0.3) is 5.91 Å². The van der Waals surface area contributed by atoms with Crippen LogP contribution in [0, 0.1) is 0 Å². The van der Waals surface area contributed by atoms with Crippen LogP contribution in [0.4, 0.5) is 13.2 Å². The minimum atomic E-state index is -4.75. The van der Waals surface area contributed by atoms with Gasteiger partial charge in [0.1, 0.15) is 5.75 Å². The molecule has 1 aliphatic rings. The average Bonchev–Trinajstić information content (AvgIpc) is 3.23. The second kappa shape index (κ2) is 6.86. The van der Waals surface area contributed by atoms with Crippen LogP contribution < -0.4 is 4.74 Å². The number of hydrogen-bond acceptors (Lipinski definition) is 4. The maximum absolute atomic E-state index is 12.6. The van der Waals surface area contributed by atoms with Gasteiger partial charge in [-0.15, -0.1) is 13.2 Å². The maximum Gasteiger partial charge on any atom is 0.573 e. The van der Waals surface area contributed by atoms with E-state index in [1.807, 2.05) is 6.92 Å². The summed E-state index contributed by atoms with van der Waals surface area (Å²) >= 11 is 0. The predicted molar refractivity (Wildman–Crippen MR) is 87.5 cm³/mol. The first-order valence-electron chi connectivity index (χ1n) is 8.04. The second-order valence-corrected chi connectivity index (χ2v) is 6.15. The number of hydrogen-bond donors (Lipinski definition) is 0. The summed E-state index contributed by atoms with van der Waals surface area (Å²) in [4.78, 5) is 14.3. The molecule has 2 aromatic rings. The summed E-state index contributed by atoms with van der Waals surface area (Å²) in [6.07, 6.45) is -2.98. The molecule has 0 N–H and O–H groups in total. The summed E-state index contributed by atoms with van der Waals surface area (Å²) in [7, 11) is 0. The van der Waals surface area contributed by atoms with E-state index >= 15 is 0 Å². The van der Waals surface area contributed by atoms with E-state index in [2.05, 4.69) is 16.5 Å². The summed E-state index contributed by atoms with van der Waals surface area (Å²) in [6, 6.07) is 6.62. The Balaban J connectivity index is 1.75. The van der Waals surface area contributed by atoms with Gasteiger partial charge in [-0.05, 0) is 44.0 Å². The molecular weight excluding hydrogens is 349 g/mol. The Bertz CT molecular complexity index is 812. The lowest BCUT2D eigenvalue weighted by Crippen LogP contribution is -2.36. The van der Waals surface area contributed by atoms with Gasteiger partial charge in [-0.3, -0.25) is 4.79 Å². The van der Waals surface area contributed by atoms with Crippen LogP contribution in [0.3, 0.4) is 0 Å². The van der Waals surface area contributed by atoms with Crippen LogP contribution in [-0.4, -0.2) is 34.9 Å². The molecule has 26 heavy (non-hydrogen) atoms. The Hall–Kier alpha value is -2.77. The molecule has 1 unspecified atom stereocenters. The van der Waals surface area contributed by atoms with E-state index in [9.17, 15) is 18.0 Å². The summed E-state index contributed by atoms with van der Waals surface area (Å²) in [5.74, 6) is -0.293. The van der Waals surface area contributed by atoms with Crippen molar-refractivity contribution in [1.29, 1.82) is 0 Å². The molecule has 0 bridgehead atoms. The molecule has 138 valence electrons. The van der Waals surface area contributed by atoms with Gasteiger partial charge < -0.3 is 14.2 Å². The van der Waals surface area contributed by atoms with Crippen LogP contribution in [0.15, 0.2) is 47.0 Å². The molecule has 1 saturated heterocycles. The Labute approximate surface area is 148 Å². The monoisotopic (exact) mass is 366 g/mol. The SMILES string of the molecule is C=C(C)C1CCCN1C(=O)c1cc(-c2ccc(OC(F)(F)F)cc2)on1. The lowest BCUT2D eigenvalue weighted by Gasteiger charge is -2.23. The fourth-order valence-corrected chi connectivity index (χ4v) is 3.00. The summed E-state index contributed by atoms with van der Waals surface area (Å²) in [6.45, 7) is 6.43. The molecule has 0 aliphatic carbocycles. The number of benzene rings is 1. The lowest BCUT2D eigenvalue weighted by molar-refractivity contribution is -0.274. The van der Waals surface area contributed by atoms with Gasteiger partial charge in [0, 0.05) is 18.2 Å². The predicted octanol–water partition coefficient (Wildman–Crippen LogP) is 4.42. The zero-order chi connectivity index (χ0) is 18.9. The van der Waals surface area contributed by atoms with Crippen LogP contribution in [-0.2, 0) is 0 Å². The Kier molecular flexibility index (Phi) is 4.76. The molecule has 1 amide bonds. The molecule has 1 atom stereocenters. The van der Waals surface area contributed by atoms with Crippen molar-refractivity contribution in [2.75, 3.05) is 6.54 Å². The van der Waals surface area contributed by atoms with Crippen LogP contribution in [0.2, 0.25) is 0 Å². The normalized spacial score (nSPS) is 17.4. The van der Waals surface area contributed by atoms with E-state index in [0.29, 0.717) is 12.1 Å². The van der Waals surface area contributed by atoms with Crippen LogP contribution >= 0.6 is 0 Å². The lowest BCUT2D eigenvalue weighted by atomic mass is 10.1. The quantitative estimate of drug-likeness (QED) is 0.752. The van der Waals surface area contributed by atoms with E-state index in [1.54, 1.807) is 4.90 Å². The molecular formula is C18H17F3N2O3. The van der Waals surface area contributed by atoms with Gasteiger partial charge in [0.15, 0.2) is 11.5 Å². The molecule has 1 aromatic carbocycles. The van der Waals surface area contributed by atoms with Gasteiger partial charge in [-0.1, -0.05) is 17.3 Å². The summed E-state index contributed by atoms with van der Waals surface area (Å²) < 4.78 is 45.6. The third-order valence-corrected chi connectivity index (χ3v) is 4.18. The molecule has 8 heteroatoms. The highest BCUT2D eigenvalue weighted by molar-refractivity contribution is 5.93. The first kappa shape index (κ1) is 18.0. The molecule has 0 spiro atoms. The van der Waals surface area contributed by atoms with E-state index in [0.717, 1.165) is 18.4 Å². The standard InChI is InChI=1S/C18H17F3N2O3/c1-11(2)15-4-3-9-23(15)17(24)14-10-16(26-22-14)12-5-7-13(8-6-12)25-18(19,20)21/h5-8,10,15H,1,3-4,9H2,2H3. The van der Waals surface area contributed by atoms with Crippen molar-refractivity contribution in [3.05, 3.63) is 48.2 Å². The second-order valence-electron chi connectivity index (χ2n) is 6.15. The van der Waals surface area contributed by atoms with E-state index in [1.165, 1.54) is 30.3 Å². The molecule has 0 radical (unpaired) electrons. The molecule has 3 rings (SSSR count). The summed E-state index contributed by atoms with van der Waals surface area (Å²) in [5.41, 5.74) is 1.56. The van der Waals surface area contributed by atoms with Crippen molar-refractivity contribution in [3.63, 3.8) is 0 Å². The van der Waals surface area contributed by atoms with Crippen molar-refractivity contribution >= 4 is 5.91 Å². The number of nitrogens with zero attached hydrogens (tertiary/aromatic N) is 2. The number of alkyl halides is 3. The zero-order valence-electron chi connectivity index (χ0n) is 14.0. The fourth-order valence-electron chi connectivity index (χ4n) is 3.00. The van der Waals surface area contributed by atoms with E-state index < -0.39 is 6.36 Å². The Morgan fingerprint density at radius 3 is 2.65 bits per heavy atom. The zero-order valence-corrected chi connectivity index (χ0v) is 14.0. The number of rotatable bonds is 4. The van der Waals surface area contributed by atoms with Gasteiger partial charge in [0.05, 0.1) is 6.04 Å². The molecule has 1 fully saturated rings. The smallest absolute Gasteiger partial charge is 0.406 e. The topological polar surface area (TPSA) is 55.6 Å². The highest BCUT2D eigenvalue weighted by Gasteiger charge is 2.32. The van der Waals surface area contributed by atoms with Crippen molar-refractivity contribution in [3.8, 4) is 17.1 Å². The van der Waals surface area contributed by atoms with Crippen molar-refractivity contribution in [1.82, 2.24) is 10.1 Å². The average molecular weight is 366 g/mol. The highest BCUT2D eigenvalue weighted by Crippen LogP contribution is 2.28. The van der Waals surface area contributed by atoms with Crippen molar-refractivity contribution in [2.45, 2.75) is 32.2 Å². The Morgan fingerprint density at radius 1 is 1.35 bits per heavy atom. The van der Waals surface area contributed by atoms with Gasteiger partial charge in [-0.2, -0.15) is 0 Å². The molecule has 1 aromatic heterocycles. The van der Waals surface area contributed by atoms with Gasteiger partial charge in [0.2, 0.25) is 0 Å². The number of likely N-dealkylation sites (tertiary alicyclic amines) is 1. The van der Waals surface area contributed by atoms with Crippen LogP contribution in [0.25, 0.3) is 11.3 Å². The molecule has 5 nitrogen and oxygen atoms in total. The van der Waals surface area contributed by atoms with E-state index in [-0.39, 0.29) is 29.2 Å². The largest absolute Gasteiger partial charge is 0.573 e. The number of aromatic nitrogens is 1. The Morgan fingerprint density at radius 2 is 2.04 bits per heavy atom. The molecule has 0 saturated carbocycles. The van der Waals surface area contributed by atoms with Crippen molar-refractivity contribution in [2.24, 2.45) is 0 Å². The van der Waals surface area contributed by atoms with Crippen LogP contribution in [0.1, 0.15) is 30.3 Å². The molecule has 2 heterocycles. The van der Waals surface area contributed by atoms with Crippen LogP contribution in [0.5, 0.6) is 5.75 Å². The number of halogens is 3. The maximum atomic E-state index is 12.6. The number of carbonyl (C=O) groups excluding carboxylic acids is 1. The number of carbonyl (C=O) groups is 1.